The summed E-state index contributed by atoms with van der Waals surface area (Å²) in [5, 5.41) is 0. The Hall–Kier alpha value is -1.60. The highest BCUT2D eigenvalue weighted by atomic mass is 32.2. The Labute approximate surface area is 136 Å². The molecule has 0 N–H and O–H groups in total. The second kappa shape index (κ2) is 5.21. The van der Waals surface area contributed by atoms with Gasteiger partial charge in [-0.25, -0.2) is 17.7 Å². The fourth-order valence-electron chi connectivity index (χ4n) is 3.94. The molecular formula is C16H22N4O2S. The quantitative estimate of drug-likeness (QED) is 0.849. The molecule has 2 atom stereocenters. The van der Waals surface area contributed by atoms with Crippen molar-refractivity contribution in [3.05, 3.63) is 24.3 Å². The van der Waals surface area contributed by atoms with Crippen molar-refractivity contribution in [3.8, 4) is 0 Å². The largest absolute Gasteiger partial charge is 0.342 e. The van der Waals surface area contributed by atoms with Crippen molar-refractivity contribution in [2.75, 3.05) is 36.8 Å². The Kier molecular flexibility index (Phi) is 3.39. The van der Waals surface area contributed by atoms with E-state index in [-0.39, 0.29) is 5.75 Å². The smallest absolute Gasteiger partial charge is 0.213 e. The fraction of sp³-hybridized carbons (Fsp3) is 0.562. The zero-order valence-corrected chi connectivity index (χ0v) is 14.3. The second-order valence-electron chi connectivity index (χ2n) is 6.60. The molecule has 6 nitrogen and oxygen atoms in total. The van der Waals surface area contributed by atoms with Crippen LogP contribution in [0.5, 0.6) is 0 Å². The first kappa shape index (κ1) is 15.0. The van der Waals surface area contributed by atoms with E-state index in [0.29, 0.717) is 24.9 Å². The summed E-state index contributed by atoms with van der Waals surface area (Å²) in [4.78, 5) is 7.07. The zero-order chi connectivity index (χ0) is 16.2. The van der Waals surface area contributed by atoms with E-state index in [1.54, 1.807) is 11.2 Å². The lowest BCUT2D eigenvalue weighted by atomic mass is 10.0. The van der Waals surface area contributed by atoms with Crippen LogP contribution in [0.25, 0.3) is 11.0 Å². The lowest BCUT2D eigenvalue weighted by Gasteiger charge is -2.21. The highest BCUT2D eigenvalue weighted by Gasteiger charge is 2.44. The molecule has 1 aromatic heterocycles. The van der Waals surface area contributed by atoms with Crippen molar-refractivity contribution in [1.82, 2.24) is 13.9 Å². The van der Waals surface area contributed by atoms with Gasteiger partial charge in [0.1, 0.15) is 0 Å². The van der Waals surface area contributed by atoms with Crippen LogP contribution < -0.4 is 4.90 Å². The SMILES string of the molecule is CCS(=O)(=O)N1CC2CN(c3nc4ccccc4n3C)CC2C1. The van der Waals surface area contributed by atoms with Gasteiger partial charge in [0.15, 0.2) is 0 Å². The maximum absolute atomic E-state index is 12.1. The minimum atomic E-state index is -3.06. The second-order valence-corrected chi connectivity index (χ2v) is 8.86. The number of anilines is 1. The Bertz CT molecular complexity index is 831. The van der Waals surface area contributed by atoms with Gasteiger partial charge in [-0.2, -0.15) is 0 Å². The number of hydrogen-bond acceptors (Lipinski definition) is 4. The number of para-hydroxylation sites is 2. The van der Waals surface area contributed by atoms with E-state index < -0.39 is 10.0 Å². The van der Waals surface area contributed by atoms with E-state index in [4.69, 9.17) is 4.98 Å². The Morgan fingerprint density at radius 2 is 1.78 bits per heavy atom. The summed E-state index contributed by atoms with van der Waals surface area (Å²) in [5.74, 6) is 2.01. The normalized spacial score (nSPS) is 25.4. The van der Waals surface area contributed by atoms with E-state index >= 15 is 0 Å². The van der Waals surface area contributed by atoms with Crippen molar-refractivity contribution in [3.63, 3.8) is 0 Å². The third-order valence-electron chi connectivity index (χ3n) is 5.26. The van der Waals surface area contributed by atoms with Crippen molar-refractivity contribution in [1.29, 1.82) is 0 Å². The van der Waals surface area contributed by atoms with Crippen LogP contribution in [0.3, 0.4) is 0 Å². The Morgan fingerprint density at radius 3 is 2.39 bits per heavy atom. The zero-order valence-electron chi connectivity index (χ0n) is 13.5. The van der Waals surface area contributed by atoms with Gasteiger partial charge in [-0.3, -0.25) is 0 Å². The van der Waals surface area contributed by atoms with Crippen LogP contribution in [-0.4, -0.2) is 54.2 Å². The summed E-state index contributed by atoms with van der Waals surface area (Å²) in [6, 6.07) is 8.15. The number of imidazole rings is 1. The molecule has 0 bridgehead atoms. The highest BCUT2D eigenvalue weighted by molar-refractivity contribution is 7.89. The lowest BCUT2D eigenvalue weighted by molar-refractivity contribution is 0.453. The molecule has 2 aliphatic rings. The van der Waals surface area contributed by atoms with Crippen molar-refractivity contribution in [2.45, 2.75) is 6.92 Å². The molecular weight excluding hydrogens is 312 g/mol. The number of fused-ring (bicyclic) bond motifs is 2. The number of benzene rings is 1. The number of aromatic nitrogens is 2. The minimum absolute atomic E-state index is 0.195. The standard InChI is InChI=1S/C16H22N4O2S/c1-3-23(21,22)20-10-12-8-19(9-13(12)11-20)16-17-14-6-4-5-7-15(14)18(16)2/h4-7,12-13H,3,8-11H2,1-2H3. The van der Waals surface area contributed by atoms with Crippen molar-refractivity contribution >= 4 is 27.0 Å². The average molecular weight is 334 g/mol. The Morgan fingerprint density at radius 1 is 1.13 bits per heavy atom. The molecule has 23 heavy (non-hydrogen) atoms. The number of hydrogen-bond donors (Lipinski definition) is 0. The Balaban J connectivity index is 1.56. The van der Waals surface area contributed by atoms with Crippen LogP contribution in [0, 0.1) is 11.8 Å². The van der Waals surface area contributed by atoms with Gasteiger partial charge in [0.2, 0.25) is 16.0 Å². The van der Waals surface area contributed by atoms with Gasteiger partial charge in [0.05, 0.1) is 16.8 Å². The predicted octanol–water partition coefficient (Wildman–Crippen LogP) is 1.29. The van der Waals surface area contributed by atoms with Crippen LogP contribution in [0.15, 0.2) is 24.3 Å². The van der Waals surface area contributed by atoms with Gasteiger partial charge in [-0.15, -0.1) is 0 Å². The molecule has 2 aliphatic heterocycles. The molecule has 3 heterocycles. The number of nitrogens with zero attached hydrogens (tertiary/aromatic N) is 4. The third-order valence-corrected chi connectivity index (χ3v) is 7.07. The van der Waals surface area contributed by atoms with E-state index in [1.807, 2.05) is 25.2 Å². The number of rotatable bonds is 3. The molecule has 0 aliphatic carbocycles. The molecule has 1 aromatic carbocycles. The first-order valence-corrected chi connectivity index (χ1v) is 9.74. The van der Waals surface area contributed by atoms with Gasteiger partial charge in [0, 0.05) is 33.2 Å². The van der Waals surface area contributed by atoms with Gasteiger partial charge < -0.3 is 9.47 Å². The summed E-state index contributed by atoms with van der Waals surface area (Å²) in [5.41, 5.74) is 2.15. The van der Waals surface area contributed by atoms with Gasteiger partial charge >= 0.3 is 0 Å². The molecule has 2 saturated heterocycles. The summed E-state index contributed by atoms with van der Waals surface area (Å²) in [6.07, 6.45) is 0. The summed E-state index contributed by atoms with van der Waals surface area (Å²) in [7, 11) is -1.01. The molecule has 7 heteroatoms. The maximum atomic E-state index is 12.1. The van der Waals surface area contributed by atoms with Gasteiger partial charge in [0.25, 0.3) is 0 Å². The van der Waals surface area contributed by atoms with Crippen LogP contribution in [0.4, 0.5) is 5.95 Å². The van der Waals surface area contributed by atoms with Gasteiger partial charge in [-0.05, 0) is 30.9 Å². The molecule has 2 fully saturated rings. The summed E-state index contributed by atoms with van der Waals surface area (Å²) >= 11 is 0. The third kappa shape index (κ3) is 2.33. The molecule has 4 rings (SSSR count). The molecule has 2 aromatic rings. The van der Waals surface area contributed by atoms with Crippen LogP contribution >= 0.6 is 0 Å². The first-order valence-electron chi connectivity index (χ1n) is 8.14. The molecule has 0 amide bonds. The highest BCUT2D eigenvalue weighted by Crippen LogP contribution is 2.35. The van der Waals surface area contributed by atoms with Crippen LogP contribution in [-0.2, 0) is 17.1 Å². The molecule has 2 unspecified atom stereocenters. The number of aryl methyl sites for hydroxylation is 1. The van der Waals surface area contributed by atoms with Gasteiger partial charge in [-0.1, -0.05) is 12.1 Å². The average Bonchev–Trinajstić information content (AvgIpc) is 3.19. The minimum Gasteiger partial charge on any atom is -0.342 e. The fourth-order valence-corrected chi connectivity index (χ4v) is 5.14. The number of sulfonamides is 1. The first-order chi connectivity index (χ1) is 11.0. The van der Waals surface area contributed by atoms with Crippen molar-refractivity contribution in [2.24, 2.45) is 18.9 Å². The molecule has 0 radical (unpaired) electrons. The summed E-state index contributed by atoms with van der Waals surface area (Å²) in [6.45, 7) is 4.80. The molecule has 0 saturated carbocycles. The van der Waals surface area contributed by atoms with E-state index in [1.165, 1.54) is 0 Å². The van der Waals surface area contributed by atoms with Crippen LogP contribution in [0.2, 0.25) is 0 Å². The van der Waals surface area contributed by atoms with Crippen LogP contribution in [0.1, 0.15) is 6.92 Å². The van der Waals surface area contributed by atoms with E-state index in [9.17, 15) is 8.42 Å². The molecule has 0 spiro atoms. The van der Waals surface area contributed by atoms with Crippen molar-refractivity contribution < 1.29 is 8.42 Å². The topological polar surface area (TPSA) is 58.4 Å². The summed E-state index contributed by atoms with van der Waals surface area (Å²) < 4.78 is 27.9. The molecule has 124 valence electrons. The van der Waals surface area contributed by atoms with E-state index in [2.05, 4.69) is 15.5 Å². The lowest BCUT2D eigenvalue weighted by Crippen LogP contribution is -2.34. The predicted molar refractivity (Wildman–Crippen MR) is 90.9 cm³/mol. The monoisotopic (exact) mass is 334 g/mol. The van der Waals surface area contributed by atoms with E-state index in [0.717, 1.165) is 30.1 Å². The maximum Gasteiger partial charge on any atom is 0.213 e.